The van der Waals surface area contributed by atoms with Gasteiger partial charge in [-0.1, -0.05) is 32.0 Å². The summed E-state index contributed by atoms with van der Waals surface area (Å²) in [6, 6.07) is 6.94. The minimum atomic E-state index is -0.0920. The first-order chi connectivity index (χ1) is 5.70. The number of thioether (sulfide) groups is 1. The van der Waals surface area contributed by atoms with Crippen molar-refractivity contribution in [3.63, 3.8) is 0 Å². The molecular weight excluding hydrogens is 171 g/mol. The molecule has 0 nitrogen and oxygen atoms in total. The molecule has 0 fully saturated rings. The first-order valence-electron chi connectivity index (χ1n) is 4.05. The molecule has 0 aliphatic carbocycles. The van der Waals surface area contributed by atoms with Crippen molar-refractivity contribution in [1.82, 2.24) is 0 Å². The van der Waals surface area contributed by atoms with Crippen LogP contribution < -0.4 is 0 Å². The van der Waals surface area contributed by atoms with Crippen molar-refractivity contribution < 1.29 is 4.39 Å². The number of benzene rings is 1. The van der Waals surface area contributed by atoms with Gasteiger partial charge in [-0.15, -0.1) is 0 Å². The Hall–Kier alpha value is -0.500. The number of hydrogen-bond donors (Lipinski definition) is 0. The SMILES string of the molecule is CC(C)SCc1ccccc1F. The Bertz CT molecular complexity index is 245. The van der Waals surface area contributed by atoms with Gasteiger partial charge in [0.05, 0.1) is 0 Å². The van der Waals surface area contributed by atoms with Crippen LogP contribution in [0.2, 0.25) is 0 Å². The van der Waals surface area contributed by atoms with Crippen LogP contribution in [-0.2, 0) is 5.75 Å². The lowest BCUT2D eigenvalue weighted by atomic mass is 10.2. The molecule has 66 valence electrons. The van der Waals surface area contributed by atoms with Crippen LogP contribution in [0, 0.1) is 5.82 Å². The van der Waals surface area contributed by atoms with E-state index in [9.17, 15) is 4.39 Å². The van der Waals surface area contributed by atoms with E-state index >= 15 is 0 Å². The van der Waals surface area contributed by atoms with Gasteiger partial charge in [-0.3, -0.25) is 0 Å². The minimum Gasteiger partial charge on any atom is -0.207 e. The van der Waals surface area contributed by atoms with Gasteiger partial charge in [-0.25, -0.2) is 4.39 Å². The molecule has 2 heteroatoms. The quantitative estimate of drug-likeness (QED) is 0.693. The molecule has 0 aliphatic rings. The maximum Gasteiger partial charge on any atom is 0.127 e. The van der Waals surface area contributed by atoms with E-state index in [4.69, 9.17) is 0 Å². The molecule has 0 atom stereocenters. The monoisotopic (exact) mass is 184 g/mol. The molecule has 0 saturated carbocycles. The second-order valence-electron chi connectivity index (χ2n) is 2.95. The van der Waals surface area contributed by atoms with E-state index in [2.05, 4.69) is 13.8 Å². The van der Waals surface area contributed by atoms with Crippen molar-refractivity contribution in [3.05, 3.63) is 35.6 Å². The first-order valence-corrected chi connectivity index (χ1v) is 5.10. The topological polar surface area (TPSA) is 0 Å². The largest absolute Gasteiger partial charge is 0.207 e. The summed E-state index contributed by atoms with van der Waals surface area (Å²) in [5, 5.41) is 0.560. The van der Waals surface area contributed by atoms with Crippen LogP contribution in [0.4, 0.5) is 4.39 Å². The summed E-state index contributed by atoms with van der Waals surface area (Å²) >= 11 is 1.76. The zero-order valence-corrected chi connectivity index (χ0v) is 8.20. The average molecular weight is 184 g/mol. The highest BCUT2D eigenvalue weighted by Crippen LogP contribution is 2.18. The second kappa shape index (κ2) is 4.51. The van der Waals surface area contributed by atoms with Crippen molar-refractivity contribution in [2.45, 2.75) is 24.9 Å². The van der Waals surface area contributed by atoms with Crippen LogP contribution in [0.3, 0.4) is 0 Å². The maximum absolute atomic E-state index is 13.0. The Kier molecular flexibility index (Phi) is 3.60. The van der Waals surface area contributed by atoms with Crippen molar-refractivity contribution in [3.8, 4) is 0 Å². The molecular formula is C10H13FS. The van der Waals surface area contributed by atoms with Gasteiger partial charge in [0, 0.05) is 5.75 Å². The predicted octanol–water partition coefficient (Wildman–Crippen LogP) is 3.47. The van der Waals surface area contributed by atoms with Gasteiger partial charge in [-0.2, -0.15) is 11.8 Å². The van der Waals surface area contributed by atoms with Gasteiger partial charge in [0.25, 0.3) is 0 Å². The predicted molar refractivity (Wildman–Crippen MR) is 52.8 cm³/mol. The summed E-state index contributed by atoms with van der Waals surface area (Å²) in [5.74, 6) is 0.676. The highest BCUT2D eigenvalue weighted by molar-refractivity contribution is 7.99. The van der Waals surface area contributed by atoms with Crippen molar-refractivity contribution in [2.24, 2.45) is 0 Å². The summed E-state index contributed by atoms with van der Waals surface area (Å²) < 4.78 is 13.0. The maximum atomic E-state index is 13.0. The van der Waals surface area contributed by atoms with E-state index in [-0.39, 0.29) is 5.82 Å². The van der Waals surface area contributed by atoms with Crippen LogP contribution in [0.5, 0.6) is 0 Å². The Balaban J connectivity index is 2.57. The van der Waals surface area contributed by atoms with Crippen molar-refractivity contribution in [1.29, 1.82) is 0 Å². The molecule has 0 saturated heterocycles. The molecule has 0 aromatic heterocycles. The fourth-order valence-electron chi connectivity index (χ4n) is 0.872. The normalized spacial score (nSPS) is 10.7. The molecule has 0 spiro atoms. The van der Waals surface area contributed by atoms with Crippen LogP contribution in [0.25, 0.3) is 0 Å². The highest BCUT2D eigenvalue weighted by atomic mass is 32.2. The summed E-state index contributed by atoms with van der Waals surface area (Å²) in [6.45, 7) is 4.23. The van der Waals surface area contributed by atoms with E-state index in [1.165, 1.54) is 6.07 Å². The standard InChI is InChI=1S/C10H13FS/c1-8(2)12-7-9-5-3-4-6-10(9)11/h3-6,8H,7H2,1-2H3. The van der Waals surface area contributed by atoms with Gasteiger partial charge in [0.15, 0.2) is 0 Å². The molecule has 0 bridgehead atoms. The third-order valence-corrected chi connectivity index (χ3v) is 2.67. The van der Waals surface area contributed by atoms with E-state index in [0.717, 1.165) is 11.3 Å². The van der Waals surface area contributed by atoms with E-state index in [0.29, 0.717) is 5.25 Å². The van der Waals surface area contributed by atoms with Crippen LogP contribution >= 0.6 is 11.8 Å². The van der Waals surface area contributed by atoms with E-state index in [1.807, 2.05) is 12.1 Å². The molecule has 0 aliphatic heterocycles. The summed E-state index contributed by atoms with van der Waals surface area (Å²) in [7, 11) is 0. The van der Waals surface area contributed by atoms with Crippen LogP contribution in [0.15, 0.2) is 24.3 Å². The summed E-state index contributed by atoms with van der Waals surface area (Å²) in [5.41, 5.74) is 0.802. The molecule has 1 rings (SSSR count). The smallest absolute Gasteiger partial charge is 0.127 e. The highest BCUT2D eigenvalue weighted by Gasteiger charge is 2.01. The first kappa shape index (κ1) is 9.59. The zero-order valence-electron chi connectivity index (χ0n) is 7.38. The lowest BCUT2D eigenvalue weighted by Gasteiger charge is -2.04. The van der Waals surface area contributed by atoms with Gasteiger partial charge in [0.2, 0.25) is 0 Å². The fourth-order valence-corrected chi connectivity index (χ4v) is 1.62. The molecule has 12 heavy (non-hydrogen) atoms. The third-order valence-electron chi connectivity index (χ3n) is 1.53. The zero-order chi connectivity index (χ0) is 8.97. The molecule has 1 aromatic rings. The van der Waals surface area contributed by atoms with E-state index < -0.39 is 0 Å². The van der Waals surface area contributed by atoms with Gasteiger partial charge < -0.3 is 0 Å². The lowest BCUT2D eigenvalue weighted by molar-refractivity contribution is 0.617. The summed E-state index contributed by atoms with van der Waals surface area (Å²) in [4.78, 5) is 0. The number of halogens is 1. The van der Waals surface area contributed by atoms with Gasteiger partial charge >= 0.3 is 0 Å². The van der Waals surface area contributed by atoms with Gasteiger partial charge in [-0.05, 0) is 16.9 Å². The lowest BCUT2D eigenvalue weighted by Crippen LogP contribution is -1.91. The molecule has 0 N–H and O–H groups in total. The van der Waals surface area contributed by atoms with Gasteiger partial charge in [0.1, 0.15) is 5.82 Å². The van der Waals surface area contributed by atoms with Crippen molar-refractivity contribution >= 4 is 11.8 Å². The Labute approximate surface area is 77.2 Å². The third kappa shape index (κ3) is 2.86. The van der Waals surface area contributed by atoms with Crippen LogP contribution in [-0.4, -0.2) is 5.25 Å². The fraction of sp³-hybridized carbons (Fsp3) is 0.400. The molecule has 1 aromatic carbocycles. The van der Waals surface area contributed by atoms with E-state index in [1.54, 1.807) is 17.8 Å². The Morgan fingerprint density at radius 2 is 2.00 bits per heavy atom. The Morgan fingerprint density at radius 1 is 1.33 bits per heavy atom. The van der Waals surface area contributed by atoms with Crippen molar-refractivity contribution in [2.75, 3.05) is 0 Å². The average Bonchev–Trinajstić information content (AvgIpc) is 2.03. The molecule has 0 unspecified atom stereocenters. The number of rotatable bonds is 3. The molecule has 0 radical (unpaired) electrons. The Morgan fingerprint density at radius 3 is 2.58 bits per heavy atom. The molecule has 0 heterocycles. The second-order valence-corrected chi connectivity index (χ2v) is 4.52. The van der Waals surface area contributed by atoms with Crippen LogP contribution in [0.1, 0.15) is 19.4 Å². The molecule has 0 amide bonds. The minimum absolute atomic E-state index is 0.0920. The number of hydrogen-bond acceptors (Lipinski definition) is 1. The summed E-state index contributed by atoms with van der Waals surface area (Å²) in [6.07, 6.45) is 0.